The van der Waals surface area contributed by atoms with E-state index in [4.69, 9.17) is 4.74 Å². The third-order valence-corrected chi connectivity index (χ3v) is 4.66. The fourth-order valence-corrected chi connectivity index (χ4v) is 2.96. The van der Waals surface area contributed by atoms with Gasteiger partial charge in [-0.1, -0.05) is 13.8 Å². The van der Waals surface area contributed by atoms with E-state index in [1.807, 2.05) is 18.7 Å². The van der Waals surface area contributed by atoms with E-state index in [0.717, 1.165) is 37.5 Å². The van der Waals surface area contributed by atoms with Crippen LogP contribution in [0.4, 0.5) is 17.6 Å². The third-order valence-electron chi connectivity index (χ3n) is 4.66. The Morgan fingerprint density at radius 2 is 1.83 bits per heavy atom. The number of benzene rings is 1. The van der Waals surface area contributed by atoms with Gasteiger partial charge in [-0.05, 0) is 43.4 Å². The lowest BCUT2D eigenvalue weighted by molar-refractivity contribution is -0.142. The van der Waals surface area contributed by atoms with Crippen LogP contribution in [-0.2, 0) is 10.9 Å². The Balaban J connectivity index is 1.99. The molecule has 2 heterocycles. The monoisotopic (exact) mass is 424 g/mol. The first kappa shape index (κ1) is 21.7. The SMILES string of the molecule is CCN(CC)CCOC(=O)c1cnn2c(C(F)(F)F)cc(-c3ccc(F)cc3)nc12. The number of aromatic nitrogens is 3. The fraction of sp³-hybridized carbons (Fsp3) is 0.350. The van der Waals surface area contributed by atoms with Gasteiger partial charge < -0.3 is 9.64 Å². The number of nitrogens with zero attached hydrogens (tertiary/aromatic N) is 4. The van der Waals surface area contributed by atoms with Crippen molar-refractivity contribution in [3.8, 4) is 11.3 Å². The van der Waals surface area contributed by atoms with Crippen LogP contribution < -0.4 is 0 Å². The predicted molar refractivity (Wildman–Crippen MR) is 101 cm³/mol. The molecule has 0 spiro atoms. The quantitative estimate of drug-likeness (QED) is 0.423. The van der Waals surface area contributed by atoms with Gasteiger partial charge in [-0.15, -0.1) is 0 Å². The maximum absolute atomic E-state index is 13.6. The number of fused-ring (bicyclic) bond motifs is 1. The molecule has 6 nitrogen and oxygen atoms in total. The van der Waals surface area contributed by atoms with Crippen LogP contribution in [0.25, 0.3) is 16.9 Å². The molecule has 0 amide bonds. The Hall–Kier alpha value is -3.01. The van der Waals surface area contributed by atoms with Gasteiger partial charge in [-0.25, -0.2) is 18.7 Å². The van der Waals surface area contributed by atoms with Crippen molar-refractivity contribution in [3.05, 3.63) is 53.6 Å². The minimum absolute atomic E-state index is 0.0625. The minimum Gasteiger partial charge on any atom is -0.461 e. The molecule has 0 aliphatic carbocycles. The number of ether oxygens (including phenoxy) is 1. The van der Waals surface area contributed by atoms with Gasteiger partial charge in [-0.3, -0.25) is 0 Å². The number of alkyl halides is 3. The molecule has 0 fully saturated rings. The number of hydrogen-bond donors (Lipinski definition) is 0. The molecule has 0 radical (unpaired) electrons. The molecule has 0 aliphatic rings. The highest BCUT2D eigenvalue weighted by molar-refractivity contribution is 5.96. The van der Waals surface area contributed by atoms with Gasteiger partial charge in [-0.2, -0.15) is 18.3 Å². The molecule has 0 bridgehead atoms. The molecule has 1 aromatic carbocycles. The Bertz CT molecular complexity index is 1030. The van der Waals surface area contributed by atoms with Crippen molar-refractivity contribution in [1.29, 1.82) is 0 Å². The van der Waals surface area contributed by atoms with Crippen LogP contribution in [0.5, 0.6) is 0 Å². The van der Waals surface area contributed by atoms with Gasteiger partial charge in [0.05, 0.1) is 11.9 Å². The first-order valence-electron chi connectivity index (χ1n) is 9.36. The van der Waals surface area contributed by atoms with Gasteiger partial charge in [0.2, 0.25) is 0 Å². The van der Waals surface area contributed by atoms with E-state index in [2.05, 4.69) is 10.1 Å². The summed E-state index contributed by atoms with van der Waals surface area (Å²) in [6.45, 7) is 6.08. The van der Waals surface area contributed by atoms with Crippen LogP contribution in [0.3, 0.4) is 0 Å². The minimum atomic E-state index is -4.74. The average molecular weight is 424 g/mol. The van der Waals surface area contributed by atoms with Gasteiger partial charge in [0.1, 0.15) is 18.0 Å². The van der Waals surface area contributed by atoms with Crippen LogP contribution in [0.15, 0.2) is 36.5 Å². The van der Waals surface area contributed by atoms with E-state index in [9.17, 15) is 22.4 Å². The lowest BCUT2D eigenvalue weighted by Gasteiger charge is -2.17. The number of carbonyl (C=O) groups is 1. The fourth-order valence-electron chi connectivity index (χ4n) is 2.96. The molecule has 2 aromatic heterocycles. The van der Waals surface area contributed by atoms with Gasteiger partial charge >= 0.3 is 12.1 Å². The Morgan fingerprint density at radius 3 is 2.43 bits per heavy atom. The lowest BCUT2D eigenvalue weighted by atomic mass is 10.1. The first-order chi connectivity index (χ1) is 14.2. The summed E-state index contributed by atoms with van der Waals surface area (Å²) in [7, 11) is 0. The first-order valence-corrected chi connectivity index (χ1v) is 9.36. The van der Waals surface area contributed by atoms with E-state index in [0.29, 0.717) is 11.1 Å². The summed E-state index contributed by atoms with van der Waals surface area (Å²) in [6.07, 6.45) is -3.74. The zero-order valence-electron chi connectivity index (χ0n) is 16.4. The Kier molecular flexibility index (Phi) is 6.35. The molecule has 0 aliphatic heterocycles. The number of carbonyl (C=O) groups excluding carboxylic acids is 1. The molecule has 0 N–H and O–H groups in total. The van der Waals surface area contributed by atoms with Gasteiger partial charge in [0, 0.05) is 12.1 Å². The summed E-state index contributed by atoms with van der Waals surface area (Å²) >= 11 is 0. The van der Waals surface area contributed by atoms with Crippen molar-refractivity contribution in [2.24, 2.45) is 0 Å². The highest BCUT2D eigenvalue weighted by Crippen LogP contribution is 2.32. The molecule has 0 unspecified atom stereocenters. The molecular formula is C20H20F4N4O2. The molecule has 10 heteroatoms. The molecule has 0 saturated carbocycles. The summed E-state index contributed by atoms with van der Waals surface area (Å²) in [4.78, 5) is 18.7. The van der Waals surface area contributed by atoms with E-state index in [1.165, 1.54) is 12.1 Å². The number of halogens is 4. The summed E-state index contributed by atoms with van der Waals surface area (Å²) in [6, 6.07) is 5.67. The van der Waals surface area contributed by atoms with E-state index in [-0.39, 0.29) is 29.1 Å². The molecule has 3 rings (SSSR count). The van der Waals surface area contributed by atoms with E-state index >= 15 is 0 Å². The van der Waals surface area contributed by atoms with Crippen LogP contribution in [0, 0.1) is 5.82 Å². The summed E-state index contributed by atoms with van der Waals surface area (Å²) in [5.74, 6) is -1.34. The largest absolute Gasteiger partial charge is 0.461 e. The summed E-state index contributed by atoms with van der Waals surface area (Å²) < 4.78 is 59.7. The molecule has 30 heavy (non-hydrogen) atoms. The highest BCUT2D eigenvalue weighted by Gasteiger charge is 2.36. The van der Waals surface area contributed by atoms with Crippen molar-refractivity contribution in [1.82, 2.24) is 19.5 Å². The average Bonchev–Trinajstić information content (AvgIpc) is 3.14. The standard InChI is InChI=1S/C20H20F4N4O2/c1-3-27(4-2)9-10-30-19(29)15-12-25-28-17(20(22,23)24)11-16(26-18(15)28)13-5-7-14(21)8-6-13/h5-8,11-12H,3-4,9-10H2,1-2H3. The smallest absolute Gasteiger partial charge is 0.433 e. The summed E-state index contributed by atoms with van der Waals surface area (Å²) in [5, 5.41) is 3.69. The molecule has 0 saturated heterocycles. The van der Waals surface area contributed by atoms with Crippen LogP contribution in [-0.4, -0.2) is 51.7 Å². The number of hydrogen-bond acceptors (Lipinski definition) is 5. The Labute approximate surface area is 170 Å². The second-order valence-electron chi connectivity index (χ2n) is 6.49. The second kappa shape index (κ2) is 8.78. The van der Waals surface area contributed by atoms with Crippen molar-refractivity contribution < 1.29 is 27.1 Å². The molecular weight excluding hydrogens is 404 g/mol. The number of rotatable bonds is 7. The molecule has 3 aromatic rings. The third kappa shape index (κ3) is 4.59. The molecule has 160 valence electrons. The zero-order valence-corrected chi connectivity index (χ0v) is 16.4. The Morgan fingerprint density at radius 1 is 1.17 bits per heavy atom. The van der Waals surface area contributed by atoms with Crippen molar-refractivity contribution in [3.63, 3.8) is 0 Å². The summed E-state index contributed by atoms with van der Waals surface area (Å²) in [5.41, 5.74) is -1.35. The predicted octanol–water partition coefficient (Wildman–Crippen LogP) is 4.05. The maximum atomic E-state index is 13.6. The van der Waals surface area contributed by atoms with Crippen LogP contribution >= 0.6 is 0 Å². The van der Waals surface area contributed by atoms with Gasteiger partial charge in [0.25, 0.3) is 0 Å². The van der Waals surface area contributed by atoms with Crippen molar-refractivity contribution in [2.45, 2.75) is 20.0 Å². The van der Waals surface area contributed by atoms with Crippen molar-refractivity contribution >= 4 is 11.6 Å². The second-order valence-corrected chi connectivity index (χ2v) is 6.49. The van der Waals surface area contributed by atoms with Crippen LogP contribution in [0.2, 0.25) is 0 Å². The lowest BCUT2D eigenvalue weighted by Crippen LogP contribution is -2.27. The topological polar surface area (TPSA) is 59.7 Å². The zero-order chi connectivity index (χ0) is 21.9. The van der Waals surface area contributed by atoms with E-state index in [1.54, 1.807) is 0 Å². The molecule has 0 atom stereocenters. The van der Waals surface area contributed by atoms with E-state index < -0.39 is 23.7 Å². The van der Waals surface area contributed by atoms with Crippen LogP contribution in [0.1, 0.15) is 29.9 Å². The number of esters is 1. The van der Waals surface area contributed by atoms with Crippen molar-refractivity contribution in [2.75, 3.05) is 26.2 Å². The normalized spacial score (nSPS) is 12.0. The van der Waals surface area contributed by atoms with Gasteiger partial charge in [0.15, 0.2) is 11.3 Å². The number of likely N-dealkylation sites (N-methyl/N-ethyl adjacent to an activating group) is 1. The maximum Gasteiger partial charge on any atom is 0.433 e. The highest BCUT2D eigenvalue weighted by atomic mass is 19.4.